The van der Waals surface area contributed by atoms with Crippen LogP contribution in [0.2, 0.25) is 5.02 Å². The van der Waals surface area contributed by atoms with Gasteiger partial charge in [-0.05, 0) is 24.1 Å². The molecule has 5 heteroatoms. The monoisotopic (exact) mass is 414 g/mol. The molecule has 1 heterocycles. The van der Waals surface area contributed by atoms with Gasteiger partial charge in [-0.1, -0.05) is 72.3 Å². The predicted molar refractivity (Wildman–Crippen MR) is 111 cm³/mol. The van der Waals surface area contributed by atoms with Crippen molar-refractivity contribution in [2.45, 2.75) is 24.5 Å². The highest BCUT2D eigenvalue weighted by Gasteiger charge is 2.40. The molecule has 3 aromatic rings. The Balaban J connectivity index is 1.92. The number of hydrogen-bond acceptors (Lipinski definition) is 3. The number of phenolic OH excluding ortho intramolecular Hbond substituents is 1. The molecule has 3 aromatic carbocycles. The molecule has 1 unspecified atom stereocenters. The van der Waals surface area contributed by atoms with Crippen LogP contribution in [-0.4, -0.2) is 18.0 Å². The first kappa shape index (κ1) is 19.1. The molecule has 1 aliphatic rings. The first-order valence-electron chi connectivity index (χ1n) is 9.18. The molecule has 1 N–H and O–H groups in total. The number of rotatable bonds is 5. The number of phenols is 1. The minimum absolute atomic E-state index is 0.0381. The topological polar surface area (TPSA) is 38.7 Å². The minimum Gasteiger partial charge on any atom is -0.506 e. The Labute approximate surface area is 174 Å². The van der Waals surface area contributed by atoms with Crippen LogP contribution < -0.4 is 4.74 Å². The van der Waals surface area contributed by atoms with Crippen LogP contribution in [0.1, 0.15) is 29.2 Å². The summed E-state index contributed by atoms with van der Waals surface area (Å²) in [5.41, 5.74) is 2.87. The summed E-state index contributed by atoms with van der Waals surface area (Å²) < 4.78 is 11.5. The van der Waals surface area contributed by atoms with Gasteiger partial charge in [0, 0.05) is 24.2 Å². The summed E-state index contributed by atoms with van der Waals surface area (Å²) >= 11 is 13.8. The van der Waals surface area contributed by atoms with Crippen LogP contribution in [-0.2, 0) is 16.0 Å². The number of hydrogen-bond donors (Lipinski definition) is 1. The zero-order chi connectivity index (χ0) is 19.7. The lowest BCUT2D eigenvalue weighted by molar-refractivity contribution is -0.0602. The molecule has 4 rings (SSSR count). The second-order valence-corrected chi connectivity index (χ2v) is 7.61. The highest BCUT2D eigenvalue weighted by Crippen LogP contribution is 2.52. The summed E-state index contributed by atoms with van der Waals surface area (Å²) in [6.45, 7) is 2.44. The number of alkyl halides is 1. The maximum absolute atomic E-state index is 11.0. The van der Waals surface area contributed by atoms with Crippen LogP contribution in [0.4, 0.5) is 0 Å². The van der Waals surface area contributed by atoms with Crippen LogP contribution in [0, 0.1) is 0 Å². The van der Waals surface area contributed by atoms with Crippen molar-refractivity contribution >= 4 is 23.2 Å². The maximum Gasteiger partial charge on any atom is 0.204 e. The number of benzene rings is 3. The van der Waals surface area contributed by atoms with Crippen molar-refractivity contribution in [2.24, 2.45) is 0 Å². The Kier molecular flexibility index (Phi) is 5.24. The largest absolute Gasteiger partial charge is 0.506 e. The number of halogens is 2. The third-order valence-electron chi connectivity index (χ3n) is 5.00. The smallest absolute Gasteiger partial charge is 0.204 e. The van der Waals surface area contributed by atoms with E-state index in [1.807, 2.05) is 67.6 Å². The zero-order valence-corrected chi connectivity index (χ0v) is 16.9. The van der Waals surface area contributed by atoms with Crippen molar-refractivity contribution < 1.29 is 14.6 Å². The van der Waals surface area contributed by atoms with Gasteiger partial charge in [-0.3, -0.25) is 0 Å². The second-order valence-electron chi connectivity index (χ2n) is 6.66. The number of ether oxygens (including phenoxy) is 2. The molecule has 0 fully saturated rings. The van der Waals surface area contributed by atoms with E-state index in [9.17, 15) is 5.11 Å². The first-order chi connectivity index (χ1) is 13.6. The van der Waals surface area contributed by atoms with E-state index in [-0.39, 0.29) is 10.8 Å². The Morgan fingerprint density at radius 1 is 1.07 bits per heavy atom. The van der Waals surface area contributed by atoms with Crippen molar-refractivity contribution in [1.82, 2.24) is 0 Å². The minimum atomic E-state index is -1.13. The molecule has 3 nitrogen and oxygen atoms in total. The van der Waals surface area contributed by atoms with Gasteiger partial charge in [0.15, 0.2) is 0 Å². The van der Waals surface area contributed by atoms with Gasteiger partial charge >= 0.3 is 0 Å². The molecule has 0 bridgehead atoms. The van der Waals surface area contributed by atoms with Gasteiger partial charge in [0.1, 0.15) is 16.4 Å². The van der Waals surface area contributed by atoms with Gasteiger partial charge in [0.2, 0.25) is 6.29 Å². The molecule has 0 spiro atoms. The van der Waals surface area contributed by atoms with E-state index < -0.39 is 11.2 Å². The predicted octanol–water partition coefficient (Wildman–Crippen LogP) is 5.87. The van der Waals surface area contributed by atoms with E-state index in [0.717, 1.165) is 16.7 Å². The van der Waals surface area contributed by atoms with E-state index in [1.54, 1.807) is 6.07 Å². The fourth-order valence-electron chi connectivity index (χ4n) is 3.66. The molecular formula is C23H20Cl2O3. The normalized spacial score (nSPS) is 15.9. The van der Waals surface area contributed by atoms with E-state index >= 15 is 0 Å². The van der Waals surface area contributed by atoms with E-state index in [2.05, 4.69) is 0 Å². The molecule has 0 amide bonds. The van der Waals surface area contributed by atoms with Crippen LogP contribution >= 0.6 is 23.2 Å². The highest BCUT2D eigenvalue weighted by molar-refractivity contribution is 6.34. The summed E-state index contributed by atoms with van der Waals surface area (Å²) in [7, 11) is 0. The highest BCUT2D eigenvalue weighted by atomic mass is 35.5. The molecule has 0 saturated heterocycles. The van der Waals surface area contributed by atoms with Gasteiger partial charge in [0.05, 0.1) is 5.02 Å². The van der Waals surface area contributed by atoms with E-state index in [1.165, 1.54) is 0 Å². The van der Waals surface area contributed by atoms with Gasteiger partial charge < -0.3 is 14.6 Å². The SMILES string of the molecule is CCOC1Cc2c(cc(C(Cl)(c3ccccc3)c3ccccc3)c(O)c2Cl)O1. The third-order valence-corrected chi connectivity index (χ3v) is 6.04. The fourth-order valence-corrected chi connectivity index (χ4v) is 4.32. The summed E-state index contributed by atoms with van der Waals surface area (Å²) in [6.07, 6.45) is 0.0762. The van der Waals surface area contributed by atoms with Crippen molar-refractivity contribution in [2.75, 3.05) is 6.61 Å². The Morgan fingerprint density at radius 3 is 2.18 bits per heavy atom. The molecule has 28 heavy (non-hydrogen) atoms. The molecular weight excluding hydrogens is 395 g/mol. The average molecular weight is 415 g/mol. The van der Waals surface area contributed by atoms with E-state index in [0.29, 0.717) is 24.3 Å². The van der Waals surface area contributed by atoms with Crippen LogP contribution in [0.3, 0.4) is 0 Å². The fraction of sp³-hybridized carbons (Fsp3) is 0.217. The van der Waals surface area contributed by atoms with Crippen molar-refractivity contribution in [1.29, 1.82) is 0 Å². The molecule has 1 atom stereocenters. The standard InChI is InChI=1S/C23H20Cl2O3/c1-2-27-20-13-17-19(28-20)14-18(22(26)21(17)24)23(25,15-9-5-3-6-10-15)16-11-7-4-8-12-16/h3-12,14,20,26H,2,13H2,1H3. The molecule has 144 valence electrons. The van der Waals surface area contributed by atoms with Crippen LogP contribution in [0.15, 0.2) is 66.7 Å². The summed E-state index contributed by atoms with van der Waals surface area (Å²) in [4.78, 5) is -1.13. The summed E-state index contributed by atoms with van der Waals surface area (Å²) in [5.74, 6) is 0.553. The maximum atomic E-state index is 11.0. The third kappa shape index (κ3) is 3.14. The number of fused-ring (bicyclic) bond motifs is 1. The van der Waals surface area contributed by atoms with Gasteiger partial charge in [-0.25, -0.2) is 0 Å². The van der Waals surface area contributed by atoms with Gasteiger partial charge in [-0.2, -0.15) is 0 Å². The zero-order valence-electron chi connectivity index (χ0n) is 15.4. The quantitative estimate of drug-likeness (QED) is 0.418. The van der Waals surface area contributed by atoms with Crippen molar-refractivity contribution in [3.8, 4) is 11.5 Å². The molecule has 0 aromatic heterocycles. The molecule has 0 saturated carbocycles. The Morgan fingerprint density at radius 2 is 1.64 bits per heavy atom. The summed E-state index contributed by atoms with van der Waals surface area (Å²) in [5, 5.41) is 11.3. The summed E-state index contributed by atoms with van der Waals surface area (Å²) in [6, 6.07) is 21.1. The van der Waals surface area contributed by atoms with Crippen LogP contribution in [0.5, 0.6) is 11.5 Å². The van der Waals surface area contributed by atoms with Crippen LogP contribution in [0.25, 0.3) is 0 Å². The average Bonchev–Trinajstić information content (AvgIpc) is 3.14. The second kappa shape index (κ2) is 7.67. The Bertz CT molecular complexity index is 935. The molecule has 0 aliphatic carbocycles. The van der Waals surface area contributed by atoms with Crippen molar-refractivity contribution in [3.05, 3.63) is 94.0 Å². The lowest BCUT2D eigenvalue weighted by Gasteiger charge is -2.30. The van der Waals surface area contributed by atoms with E-state index in [4.69, 9.17) is 32.7 Å². The number of aromatic hydroxyl groups is 1. The molecule has 1 aliphatic heterocycles. The van der Waals surface area contributed by atoms with Crippen molar-refractivity contribution in [3.63, 3.8) is 0 Å². The van der Waals surface area contributed by atoms with Gasteiger partial charge in [-0.15, -0.1) is 11.6 Å². The first-order valence-corrected chi connectivity index (χ1v) is 9.94. The lowest BCUT2D eigenvalue weighted by Crippen LogP contribution is -2.22. The Hall–Kier alpha value is -2.20. The lowest BCUT2D eigenvalue weighted by atomic mass is 9.83. The van der Waals surface area contributed by atoms with Gasteiger partial charge in [0.25, 0.3) is 0 Å². The molecule has 0 radical (unpaired) electrons.